The van der Waals surface area contributed by atoms with Gasteiger partial charge in [-0.15, -0.1) is 0 Å². The lowest BCUT2D eigenvalue weighted by Gasteiger charge is -2.19. The third-order valence-corrected chi connectivity index (χ3v) is 5.25. The van der Waals surface area contributed by atoms with Crippen molar-refractivity contribution in [3.05, 3.63) is 47.5 Å². The second kappa shape index (κ2) is 6.87. The highest BCUT2D eigenvalue weighted by Gasteiger charge is 2.44. The number of ether oxygens (including phenoxy) is 2. The first-order valence-corrected chi connectivity index (χ1v) is 8.68. The van der Waals surface area contributed by atoms with E-state index in [0.717, 1.165) is 43.4 Å². The summed E-state index contributed by atoms with van der Waals surface area (Å²) < 4.78 is 11.9. The van der Waals surface area contributed by atoms with Crippen molar-refractivity contribution >= 4 is 0 Å². The number of aromatic amines is 1. The maximum Gasteiger partial charge on any atom is 0.120 e. The number of nitriles is 1. The minimum atomic E-state index is 0.290. The van der Waals surface area contributed by atoms with E-state index in [1.54, 1.807) is 18.5 Å². The Labute approximate surface area is 147 Å². The highest BCUT2D eigenvalue weighted by molar-refractivity contribution is 5.36. The third kappa shape index (κ3) is 3.39. The number of H-pyrrole nitrogens is 1. The van der Waals surface area contributed by atoms with Crippen molar-refractivity contribution in [3.8, 4) is 11.8 Å². The van der Waals surface area contributed by atoms with Crippen molar-refractivity contribution in [3.63, 3.8) is 0 Å². The van der Waals surface area contributed by atoms with E-state index in [0.29, 0.717) is 30.1 Å². The minimum Gasteiger partial charge on any atom is -0.493 e. The van der Waals surface area contributed by atoms with E-state index in [2.05, 4.69) is 27.9 Å². The Morgan fingerprint density at radius 2 is 2.36 bits per heavy atom. The molecule has 1 aromatic heterocycles. The molecule has 2 saturated heterocycles. The van der Waals surface area contributed by atoms with Crippen LogP contribution in [-0.4, -0.2) is 47.3 Å². The highest BCUT2D eigenvalue weighted by atomic mass is 16.5. The van der Waals surface area contributed by atoms with E-state index >= 15 is 0 Å². The fraction of sp³-hybridized carbons (Fsp3) is 0.474. The molecule has 25 heavy (non-hydrogen) atoms. The molecular weight excluding hydrogens is 316 g/mol. The van der Waals surface area contributed by atoms with E-state index in [-0.39, 0.29) is 0 Å². The Morgan fingerprint density at radius 1 is 1.44 bits per heavy atom. The van der Waals surface area contributed by atoms with Gasteiger partial charge in [0.1, 0.15) is 5.75 Å². The second-order valence-electron chi connectivity index (χ2n) is 6.91. The predicted molar refractivity (Wildman–Crippen MR) is 92.0 cm³/mol. The van der Waals surface area contributed by atoms with E-state index in [4.69, 9.17) is 14.7 Å². The predicted octanol–water partition coefficient (Wildman–Crippen LogP) is 2.12. The largest absolute Gasteiger partial charge is 0.493 e. The van der Waals surface area contributed by atoms with Gasteiger partial charge in [0, 0.05) is 37.2 Å². The van der Waals surface area contributed by atoms with Gasteiger partial charge < -0.3 is 14.5 Å². The van der Waals surface area contributed by atoms with Gasteiger partial charge in [-0.05, 0) is 25.1 Å². The van der Waals surface area contributed by atoms with Crippen LogP contribution in [0.4, 0.5) is 0 Å². The molecule has 3 atom stereocenters. The van der Waals surface area contributed by atoms with Crippen molar-refractivity contribution < 1.29 is 9.47 Å². The topological polar surface area (TPSA) is 74.2 Å². The summed E-state index contributed by atoms with van der Waals surface area (Å²) in [7, 11) is 0. The number of nitrogens with one attached hydrogen (secondary N) is 1. The van der Waals surface area contributed by atoms with Gasteiger partial charge in [-0.3, -0.25) is 4.90 Å². The molecule has 4 rings (SSSR count). The van der Waals surface area contributed by atoms with Crippen LogP contribution >= 0.6 is 0 Å². The van der Waals surface area contributed by atoms with Crippen LogP contribution < -0.4 is 4.74 Å². The summed E-state index contributed by atoms with van der Waals surface area (Å²) in [6, 6.07) is 9.47. The number of fused-ring (bicyclic) bond motifs is 1. The molecule has 0 unspecified atom stereocenters. The van der Waals surface area contributed by atoms with Gasteiger partial charge in [-0.25, -0.2) is 4.98 Å². The number of hydrogen-bond acceptors (Lipinski definition) is 5. The standard InChI is InChI=1S/C19H22N4O2/c1-13-18(22-12-21-13)8-23-7-17-15(11-25-19(17)9-23)10-24-16-4-2-3-14(5-16)6-20/h2-5,12,15,17,19H,7-11H2,1H3,(H,21,22)/t15-,17-,19-/m1/s1. The molecule has 2 fully saturated rings. The minimum absolute atomic E-state index is 0.290. The van der Waals surface area contributed by atoms with Crippen LogP contribution in [0.2, 0.25) is 0 Å². The Bertz CT molecular complexity index is 782. The van der Waals surface area contributed by atoms with Gasteiger partial charge in [0.05, 0.1) is 43.0 Å². The Hall–Kier alpha value is -2.36. The average Bonchev–Trinajstić information content (AvgIpc) is 3.31. The SMILES string of the molecule is Cc1[nH]cnc1CN1C[C@@H]2[C@H](COc3cccc(C#N)c3)CO[C@@H]2C1. The summed E-state index contributed by atoms with van der Waals surface area (Å²) in [5.74, 6) is 1.64. The number of benzene rings is 1. The smallest absolute Gasteiger partial charge is 0.120 e. The van der Waals surface area contributed by atoms with Crippen molar-refractivity contribution in [2.75, 3.05) is 26.3 Å². The number of nitrogens with zero attached hydrogens (tertiary/aromatic N) is 3. The third-order valence-electron chi connectivity index (χ3n) is 5.25. The van der Waals surface area contributed by atoms with Crippen molar-refractivity contribution in [2.24, 2.45) is 11.8 Å². The summed E-state index contributed by atoms with van der Waals surface area (Å²) >= 11 is 0. The van der Waals surface area contributed by atoms with E-state index in [9.17, 15) is 0 Å². The van der Waals surface area contributed by atoms with Crippen molar-refractivity contribution in [2.45, 2.75) is 19.6 Å². The molecule has 0 radical (unpaired) electrons. The lowest BCUT2D eigenvalue weighted by Crippen LogP contribution is -2.26. The fourth-order valence-corrected chi connectivity index (χ4v) is 3.80. The van der Waals surface area contributed by atoms with Crippen LogP contribution in [0.1, 0.15) is 17.0 Å². The number of imidazole rings is 1. The summed E-state index contributed by atoms with van der Waals surface area (Å²) in [6.07, 6.45) is 2.04. The van der Waals surface area contributed by atoms with Crippen LogP contribution in [0.25, 0.3) is 0 Å². The molecular formula is C19H22N4O2. The monoisotopic (exact) mass is 338 g/mol. The molecule has 2 aromatic rings. The van der Waals surface area contributed by atoms with Gasteiger partial charge in [0.25, 0.3) is 0 Å². The normalized spacial score (nSPS) is 25.7. The molecule has 130 valence electrons. The van der Waals surface area contributed by atoms with E-state index in [1.807, 2.05) is 12.1 Å². The van der Waals surface area contributed by atoms with Gasteiger partial charge in [-0.2, -0.15) is 5.26 Å². The molecule has 2 aliphatic heterocycles. The first-order valence-electron chi connectivity index (χ1n) is 8.68. The molecule has 1 aromatic carbocycles. The zero-order valence-corrected chi connectivity index (χ0v) is 14.3. The Morgan fingerprint density at radius 3 is 3.16 bits per heavy atom. The second-order valence-corrected chi connectivity index (χ2v) is 6.91. The van der Waals surface area contributed by atoms with Gasteiger partial charge >= 0.3 is 0 Å². The summed E-state index contributed by atoms with van der Waals surface area (Å²) in [6.45, 7) is 6.28. The Kier molecular flexibility index (Phi) is 4.43. The molecule has 3 heterocycles. The fourth-order valence-electron chi connectivity index (χ4n) is 3.80. The number of aromatic nitrogens is 2. The number of aryl methyl sites for hydroxylation is 1. The maximum absolute atomic E-state index is 8.98. The highest BCUT2D eigenvalue weighted by Crippen LogP contribution is 2.34. The summed E-state index contributed by atoms with van der Waals surface area (Å²) in [4.78, 5) is 9.95. The summed E-state index contributed by atoms with van der Waals surface area (Å²) in [5, 5.41) is 8.98. The average molecular weight is 338 g/mol. The molecule has 6 heteroatoms. The lowest BCUT2D eigenvalue weighted by molar-refractivity contribution is 0.0895. The molecule has 0 aliphatic carbocycles. The van der Waals surface area contributed by atoms with Gasteiger partial charge in [-0.1, -0.05) is 6.07 Å². The van der Waals surface area contributed by atoms with Gasteiger partial charge in [0.2, 0.25) is 0 Å². The van der Waals surface area contributed by atoms with Crippen molar-refractivity contribution in [1.82, 2.24) is 14.9 Å². The first kappa shape index (κ1) is 16.1. The summed E-state index contributed by atoms with van der Waals surface area (Å²) in [5.41, 5.74) is 2.87. The maximum atomic E-state index is 8.98. The zero-order chi connectivity index (χ0) is 17.2. The van der Waals surface area contributed by atoms with Gasteiger partial charge in [0.15, 0.2) is 0 Å². The molecule has 0 spiro atoms. The quantitative estimate of drug-likeness (QED) is 0.904. The van der Waals surface area contributed by atoms with Crippen LogP contribution in [0.5, 0.6) is 5.75 Å². The lowest BCUT2D eigenvalue weighted by atomic mass is 9.94. The molecule has 0 saturated carbocycles. The molecule has 0 amide bonds. The Balaban J connectivity index is 1.34. The number of hydrogen-bond donors (Lipinski definition) is 1. The molecule has 0 bridgehead atoms. The molecule has 6 nitrogen and oxygen atoms in total. The van der Waals surface area contributed by atoms with Crippen molar-refractivity contribution in [1.29, 1.82) is 5.26 Å². The van der Waals surface area contributed by atoms with Crippen LogP contribution in [-0.2, 0) is 11.3 Å². The van der Waals surface area contributed by atoms with E-state index < -0.39 is 0 Å². The van der Waals surface area contributed by atoms with Crippen LogP contribution in [0.15, 0.2) is 30.6 Å². The van der Waals surface area contributed by atoms with Crippen LogP contribution in [0.3, 0.4) is 0 Å². The number of rotatable bonds is 5. The first-order chi connectivity index (χ1) is 12.2. The molecule has 2 aliphatic rings. The van der Waals surface area contributed by atoms with Crippen LogP contribution in [0, 0.1) is 30.1 Å². The zero-order valence-electron chi connectivity index (χ0n) is 14.3. The van der Waals surface area contributed by atoms with E-state index in [1.165, 1.54) is 0 Å². The number of likely N-dealkylation sites (tertiary alicyclic amines) is 1. The molecule has 1 N–H and O–H groups in total.